The normalized spacial score (nSPS) is 15.8. The zero-order valence-corrected chi connectivity index (χ0v) is 14.7. The number of hydrogen-bond acceptors (Lipinski definition) is 5. The summed E-state index contributed by atoms with van der Waals surface area (Å²) >= 11 is 0. The third-order valence-corrected chi connectivity index (χ3v) is 4.62. The van der Waals surface area contributed by atoms with Crippen LogP contribution >= 0.6 is 0 Å². The standard InChI is InChI=1S/C18H25N5O2/c1-25-17-6-3-2-5-16(17)13-18(24)23-8-4-7-21(11-12-23)9-10-22-14-19-20-15-22/h2-3,5-6,14-15H,4,7-13H2,1H3. The molecule has 0 unspecified atom stereocenters. The summed E-state index contributed by atoms with van der Waals surface area (Å²) in [5, 5.41) is 7.65. The molecule has 0 radical (unpaired) electrons. The van der Waals surface area contributed by atoms with Gasteiger partial charge in [0, 0.05) is 38.3 Å². The maximum Gasteiger partial charge on any atom is 0.227 e. The SMILES string of the molecule is COc1ccccc1CC(=O)N1CCCN(CCn2cnnc2)CC1. The number of methoxy groups -OCH3 is 1. The van der Waals surface area contributed by atoms with Gasteiger partial charge in [-0.3, -0.25) is 9.69 Å². The van der Waals surface area contributed by atoms with Gasteiger partial charge in [0.15, 0.2) is 0 Å². The minimum Gasteiger partial charge on any atom is -0.496 e. The van der Waals surface area contributed by atoms with Crippen molar-refractivity contribution in [1.82, 2.24) is 24.6 Å². The van der Waals surface area contributed by atoms with E-state index < -0.39 is 0 Å². The number of carbonyl (C=O) groups excluding carboxylic acids is 1. The number of aromatic nitrogens is 3. The summed E-state index contributed by atoms with van der Waals surface area (Å²) in [7, 11) is 1.64. The van der Waals surface area contributed by atoms with Gasteiger partial charge in [0.1, 0.15) is 18.4 Å². The highest BCUT2D eigenvalue weighted by molar-refractivity contribution is 5.79. The molecule has 25 heavy (non-hydrogen) atoms. The molecule has 134 valence electrons. The Bertz CT molecular complexity index is 674. The summed E-state index contributed by atoms with van der Waals surface area (Å²) in [6.07, 6.45) is 4.87. The summed E-state index contributed by atoms with van der Waals surface area (Å²) in [5.41, 5.74) is 0.948. The molecule has 0 atom stereocenters. The number of ether oxygens (including phenoxy) is 1. The van der Waals surface area contributed by atoms with Gasteiger partial charge >= 0.3 is 0 Å². The Hall–Kier alpha value is -2.41. The molecule has 1 saturated heterocycles. The zero-order valence-electron chi connectivity index (χ0n) is 14.7. The van der Waals surface area contributed by atoms with Crippen LogP contribution in [-0.2, 0) is 17.8 Å². The Balaban J connectivity index is 1.51. The Labute approximate surface area is 148 Å². The van der Waals surface area contributed by atoms with Crippen LogP contribution in [0.25, 0.3) is 0 Å². The number of para-hydroxylation sites is 1. The van der Waals surface area contributed by atoms with Gasteiger partial charge in [0.2, 0.25) is 5.91 Å². The molecular formula is C18H25N5O2. The van der Waals surface area contributed by atoms with E-state index in [0.717, 1.165) is 57.0 Å². The average molecular weight is 343 g/mol. The second-order valence-corrected chi connectivity index (χ2v) is 6.26. The first kappa shape index (κ1) is 17.4. The van der Waals surface area contributed by atoms with E-state index in [1.165, 1.54) is 0 Å². The van der Waals surface area contributed by atoms with Crippen LogP contribution in [-0.4, -0.2) is 70.3 Å². The van der Waals surface area contributed by atoms with E-state index in [1.54, 1.807) is 19.8 Å². The lowest BCUT2D eigenvalue weighted by Crippen LogP contribution is -2.36. The second-order valence-electron chi connectivity index (χ2n) is 6.26. The number of amides is 1. The quantitative estimate of drug-likeness (QED) is 0.785. The van der Waals surface area contributed by atoms with E-state index in [2.05, 4.69) is 15.1 Å². The fourth-order valence-electron chi connectivity index (χ4n) is 3.16. The molecule has 2 aromatic rings. The molecular weight excluding hydrogens is 318 g/mol. The molecule has 7 nitrogen and oxygen atoms in total. The first-order valence-electron chi connectivity index (χ1n) is 8.70. The summed E-state index contributed by atoms with van der Waals surface area (Å²) in [6, 6.07) is 7.73. The Morgan fingerprint density at radius 3 is 2.68 bits per heavy atom. The molecule has 1 aromatic heterocycles. The van der Waals surface area contributed by atoms with Crippen LogP contribution in [0.1, 0.15) is 12.0 Å². The van der Waals surface area contributed by atoms with Crippen LogP contribution in [0, 0.1) is 0 Å². The molecule has 0 aliphatic carbocycles. The number of benzene rings is 1. The van der Waals surface area contributed by atoms with Gasteiger partial charge in [-0.1, -0.05) is 18.2 Å². The fourth-order valence-corrected chi connectivity index (χ4v) is 3.16. The molecule has 1 amide bonds. The van der Waals surface area contributed by atoms with Crippen molar-refractivity contribution in [2.24, 2.45) is 0 Å². The first-order chi connectivity index (χ1) is 12.3. The highest BCUT2D eigenvalue weighted by atomic mass is 16.5. The van der Waals surface area contributed by atoms with Crippen molar-refractivity contribution < 1.29 is 9.53 Å². The molecule has 2 heterocycles. The predicted molar refractivity (Wildman–Crippen MR) is 94.4 cm³/mol. The van der Waals surface area contributed by atoms with Crippen molar-refractivity contribution in [2.75, 3.05) is 39.8 Å². The summed E-state index contributed by atoms with van der Waals surface area (Å²) in [6.45, 7) is 5.34. The van der Waals surface area contributed by atoms with E-state index >= 15 is 0 Å². The van der Waals surface area contributed by atoms with Gasteiger partial charge in [0.05, 0.1) is 13.5 Å². The summed E-state index contributed by atoms with van der Waals surface area (Å²) in [4.78, 5) is 17.0. The second kappa shape index (κ2) is 8.62. The Morgan fingerprint density at radius 1 is 1.08 bits per heavy atom. The number of carbonyl (C=O) groups is 1. The van der Waals surface area contributed by atoms with Crippen molar-refractivity contribution in [3.63, 3.8) is 0 Å². The first-order valence-corrected chi connectivity index (χ1v) is 8.70. The molecule has 0 spiro atoms. The van der Waals surface area contributed by atoms with Crippen molar-refractivity contribution in [3.05, 3.63) is 42.5 Å². The topological polar surface area (TPSA) is 63.5 Å². The minimum atomic E-state index is 0.171. The van der Waals surface area contributed by atoms with Crippen molar-refractivity contribution >= 4 is 5.91 Å². The third-order valence-electron chi connectivity index (χ3n) is 4.62. The molecule has 1 fully saturated rings. The Morgan fingerprint density at radius 2 is 1.88 bits per heavy atom. The molecule has 3 rings (SSSR count). The summed E-state index contributed by atoms with van der Waals surface area (Å²) in [5.74, 6) is 0.950. The van der Waals surface area contributed by atoms with Crippen LogP contribution in [0.2, 0.25) is 0 Å². The summed E-state index contributed by atoms with van der Waals surface area (Å²) < 4.78 is 7.33. The van der Waals surface area contributed by atoms with Gasteiger partial charge < -0.3 is 14.2 Å². The van der Waals surface area contributed by atoms with Gasteiger partial charge in [0.25, 0.3) is 0 Å². The van der Waals surface area contributed by atoms with E-state index in [0.29, 0.717) is 6.42 Å². The molecule has 0 saturated carbocycles. The number of nitrogens with zero attached hydrogens (tertiary/aromatic N) is 5. The van der Waals surface area contributed by atoms with Crippen molar-refractivity contribution in [2.45, 2.75) is 19.4 Å². The number of rotatable bonds is 6. The van der Waals surface area contributed by atoms with E-state index in [1.807, 2.05) is 33.7 Å². The van der Waals surface area contributed by atoms with E-state index in [4.69, 9.17) is 4.74 Å². The van der Waals surface area contributed by atoms with Crippen LogP contribution in [0.15, 0.2) is 36.9 Å². The highest BCUT2D eigenvalue weighted by Crippen LogP contribution is 2.19. The zero-order chi connectivity index (χ0) is 17.5. The lowest BCUT2D eigenvalue weighted by atomic mass is 10.1. The van der Waals surface area contributed by atoms with E-state index in [-0.39, 0.29) is 5.91 Å². The van der Waals surface area contributed by atoms with Gasteiger partial charge in [-0.15, -0.1) is 10.2 Å². The van der Waals surface area contributed by atoms with Crippen LogP contribution in [0.5, 0.6) is 5.75 Å². The van der Waals surface area contributed by atoms with Gasteiger partial charge in [-0.25, -0.2) is 0 Å². The average Bonchev–Trinajstić information content (AvgIpc) is 3.04. The van der Waals surface area contributed by atoms with Gasteiger partial charge in [-0.05, 0) is 19.0 Å². The smallest absolute Gasteiger partial charge is 0.227 e. The molecule has 0 N–H and O–H groups in total. The van der Waals surface area contributed by atoms with Crippen LogP contribution in [0.4, 0.5) is 0 Å². The van der Waals surface area contributed by atoms with Crippen molar-refractivity contribution in [1.29, 1.82) is 0 Å². The largest absolute Gasteiger partial charge is 0.496 e. The maximum absolute atomic E-state index is 12.7. The highest BCUT2D eigenvalue weighted by Gasteiger charge is 2.20. The van der Waals surface area contributed by atoms with Crippen LogP contribution < -0.4 is 4.74 Å². The molecule has 7 heteroatoms. The maximum atomic E-state index is 12.7. The number of hydrogen-bond donors (Lipinski definition) is 0. The minimum absolute atomic E-state index is 0.171. The Kier molecular flexibility index (Phi) is 6.00. The molecule has 1 aliphatic heterocycles. The fraction of sp³-hybridized carbons (Fsp3) is 0.500. The molecule has 1 aromatic carbocycles. The molecule has 1 aliphatic rings. The monoisotopic (exact) mass is 343 g/mol. The third kappa shape index (κ3) is 4.79. The predicted octanol–water partition coefficient (Wildman–Crippen LogP) is 1.06. The van der Waals surface area contributed by atoms with E-state index in [9.17, 15) is 4.79 Å². The lowest BCUT2D eigenvalue weighted by molar-refractivity contribution is -0.130. The lowest BCUT2D eigenvalue weighted by Gasteiger charge is -2.22. The van der Waals surface area contributed by atoms with Crippen LogP contribution in [0.3, 0.4) is 0 Å². The molecule has 0 bridgehead atoms. The van der Waals surface area contributed by atoms with Crippen molar-refractivity contribution in [3.8, 4) is 5.75 Å². The van der Waals surface area contributed by atoms with Gasteiger partial charge in [-0.2, -0.15) is 0 Å².